The molecule has 0 bridgehead atoms. The normalized spacial score (nSPS) is 11.0. The van der Waals surface area contributed by atoms with Crippen LogP contribution in [-0.4, -0.2) is 20.2 Å². The summed E-state index contributed by atoms with van der Waals surface area (Å²) in [5, 5.41) is 14.7. The fraction of sp³-hybridized carbons (Fsp3) is 0. The molecule has 2 aromatic carbocycles. The molecule has 3 rings (SSSR count). The van der Waals surface area contributed by atoms with Gasteiger partial charge in [-0.05, 0) is 40.8 Å². The fourth-order valence-corrected chi connectivity index (χ4v) is 2.02. The van der Waals surface area contributed by atoms with Crippen molar-refractivity contribution in [3.8, 4) is 5.69 Å². The molecule has 0 fully saturated rings. The second-order valence-corrected chi connectivity index (χ2v) is 4.82. The van der Waals surface area contributed by atoms with Gasteiger partial charge in [-0.1, -0.05) is 29.8 Å². The van der Waals surface area contributed by atoms with Crippen LogP contribution >= 0.6 is 11.6 Å². The van der Waals surface area contributed by atoms with Crippen molar-refractivity contribution in [3.63, 3.8) is 0 Å². The zero-order valence-corrected chi connectivity index (χ0v) is 12.1. The Morgan fingerprint density at radius 2 is 1.95 bits per heavy atom. The maximum absolute atomic E-state index is 13.6. The Balaban J connectivity index is 1.78. The number of para-hydroxylation sites is 1. The largest absolute Gasteiger partial charge is 0.359 e. The van der Waals surface area contributed by atoms with Crippen molar-refractivity contribution in [1.82, 2.24) is 20.2 Å². The van der Waals surface area contributed by atoms with Crippen LogP contribution in [0.2, 0.25) is 5.02 Å². The van der Waals surface area contributed by atoms with E-state index < -0.39 is 5.82 Å². The molecule has 0 aliphatic heterocycles. The van der Waals surface area contributed by atoms with E-state index >= 15 is 0 Å². The van der Waals surface area contributed by atoms with Gasteiger partial charge in [-0.25, -0.2) is 4.39 Å². The molecule has 0 aliphatic carbocycles. The van der Waals surface area contributed by atoms with Gasteiger partial charge in [-0.3, -0.25) is 0 Å². The minimum absolute atomic E-state index is 0.319. The average Bonchev–Trinajstić information content (AvgIpc) is 2.99. The monoisotopic (exact) mass is 315 g/mol. The lowest BCUT2D eigenvalue weighted by molar-refractivity contribution is 0.632. The minimum atomic E-state index is -0.431. The Kier molecular flexibility index (Phi) is 4.11. The van der Waals surface area contributed by atoms with E-state index in [2.05, 4.69) is 20.8 Å². The van der Waals surface area contributed by atoms with Gasteiger partial charge in [0.2, 0.25) is 0 Å². The standard InChI is InChI=1S/C15H11ClFN5/c16-11-6-7-14(13(17)10-11)18-9-8-15-19-20-21-22(15)12-4-2-1-3-5-12/h1-10,18H/b9-8+. The number of benzene rings is 2. The number of nitrogens with zero attached hydrogens (tertiary/aromatic N) is 4. The van der Waals surface area contributed by atoms with E-state index in [0.29, 0.717) is 16.5 Å². The van der Waals surface area contributed by atoms with Gasteiger partial charge in [0.05, 0.1) is 11.4 Å². The molecule has 1 heterocycles. The van der Waals surface area contributed by atoms with Gasteiger partial charge >= 0.3 is 0 Å². The molecule has 0 radical (unpaired) electrons. The van der Waals surface area contributed by atoms with Crippen LogP contribution in [0, 0.1) is 5.82 Å². The van der Waals surface area contributed by atoms with Crippen LogP contribution in [-0.2, 0) is 0 Å². The maximum atomic E-state index is 13.6. The number of aromatic nitrogens is 4. The molecule has 3 aromatic rings. The van der Waals surface area contributed by atoms with E-state index in [4.69, 9.17) is 11.6 Å². The maximum Gasteiger partial charge on any atom is 0.181 e. The second kappa shape index (κ2) is 6.36. The summed E-state index contributed by atoms with van der Waals surface area (Å²) in [6, 6.07) is 13.9. The summed E-state index contributed by atoms with van der Waals surface area (Å²) in [5.41, 5.74) is 1.16. The van der Waals surface area contributed by atoms with Gasteiger partial charge in [0.1, 0.15) is 5.82 Å². The number of hydrogen-bond donors (Lipinski definition) is 1. The van der Waals surface area contributed by atoms with Crippen molar-refractivity contribution in [2.45, 2.75) is 0 Å². The van der Waals surface area contributed by atoms with Crippen LogP contribution in [0.15, 0.2) is 54.7 Å². The van der Waals surface area contributed by atoms with Crippen LogP contribution in [0.1, 0.15) is 5.82 Å². The molecule has 0 spiro atoms. The highest BCUT2D eigenvalue weighted by molar-refractivity contribution is 6.30. The van der Waals surface area contributed by atoms with Gasteiger partial charge in [-0.15, -0.1) is 5.10 Å². The third-order valence-electron chi connectivity index (χ3n) is 2.90. The first-order chi connectivity index (χ1) is 10.7. The zero-order chi connectivity index (χ0) is 15.4. The van der Waals surface area contributed by atoms with Crippen LogP contribution < -0.4 is 5.32 Å². The predicted octanol–water partition coefficient (Wildman–Crippen LogP) is 3.54. The molecule has 0 amide bonds. The molecule has 0 unspecified atom stereocenters. The van der Waals surface area contributed by atoms with Gasteiger partial charge in [0.15, 0.2) is 5.82 Å². The first kappa shape index (κ1) is 14.2. The molecular weight excluding hydrogens is 305 g/mol. The van der Waals surface area contributed by atoms with Gasteiger partial charge in [-0.2, -0.15) is 4.68 Å². The van der Waals surface area contributed by atoms with E-state index in [1.54, 1.807) is 29.1 Å². The lowest BCUT2D eigenvalue weighted by Crippen LogP contribution is -1.99. The molecule has 0 aliphatic rings. The van der Waals surface area contributed by atoms with E-state index in [-0.39, 0.29) is 0 Å². The highest BCUT2D eigenvalue weighted by Gasteiger charge is 2.04. The van der Waals surface area contributed by atoms with E-state index in [9.17, 15) is 4.39 Å². The highest BCUT2D eigenvalue weighted by Crippen LogP contribution is 2.19. The second-order valence-electron chi connectivity index (χ2n) is 4.39. The molecule has 110 valence electrons. The molecule has 22 heavy (non-hydrogen) atoms. The number of anilines is 1. The summed E-state index contributed by atoms with van der Waals surface area (Å²) in [6.07, 6.45) is 3.22. The third-order valence-corrected chi connectivity index (χ3v) is 3.13. The predicted molar refractivity (Wildman–Crippen MR) is 83.2 cm³/mol. The van der Waals surface area contributed by atoms with Crippen molar-refractivity contribution >= 4 is 23.4 Å². The number of halogens is 2. The zero-order valence-electron chi connectivity index (χ0n) is 11.3. The molecule has 1 aromatic heterocycles. The lowest BCUT2D eigenvalue weighted by Gasteiger charge is -2.03. The van der Waals surface area contributed by atoms with Crippen LogP contribution in [0.3, 0.4) is 0 Å². The van der Waals surface area contributed by atoms with Crippen LogP contribution in [0.4, 0.5) is 10.1 Å². The number of nitrogens with one attached hydrogen (secondary N) is 1. The van der Waals surface area contributed by atoms with Crippen molar-refractivity contribution in [2.24, 2.45) is 0 Å². The highest BCUT2D eigenvalue weighted by atomic mass is 35.5. The molecular formula is C15H11ClFN5. The van der Waals surface area contributed by atoms with Crippen molar-refractivity contribution < 1.29 is 4.39 Å². The molecule has 0 atom stereocenters. The Labute approximate surface area is 131 Å². The quantitative estimate of drug-likeness (QED) is 0.800. The lowest BCUT2D eigenvalue weighted by atomic mass is 10.3. The molecule has 0 saturated heterocycles. The van der Waals surface area contributed by atoms with E-state index in [0.717, 1.165) is 5.69 Å². The molecule has 1 N–H and O–H groups in total. The number of hydrogen-bond acceptors (Lipinski definition) is 4. The molecule has 7 heteroatoms. The topological polar surface area (TPSA) is 55.6 Å². The fourth-order valence-electron chi connectivity index (χ4n) is 1.86. The molecule has 5 nitrogen and oxygen atoms in total. The third kappa shape index (κ3) is 3.12. The van der Waals surface area contributed by atoms with Gasteiger partial charge < -0.3 is 5.32 Å². The summed E-state index contributed by atoms with van der Waals surface area (Å²) >= 11 is 5.71. The smallest absolute Gasteiger partial charge is 0.181 e. The van der Waals surface area contributed by atoms with Crippen LogP contribution in [0.5, 0.6) is 0 Å². The Morgan fingerprint density at radius 3 is 2.73 bits per heavy atom. The van der Waals surface area contributed by atoms with Crippen molar-refractivity contribution in [2.75, 3.05) is 5.32 Å². The van der Waals surface area contributed by atoms with E-state index in [1.807, 2.05) is 30.3 Å². The summed E-state index contributed by atoms with van der Waals surface area (Å²) in [6.45, 7) is 0. The van der Waals surface area contributed by atoms with Crippen LogP contribution in [0.25, 0.3) is 11.8 Å². The summed E-state index contributed by atoms with van der Waals surface area (Å²) in [5.74, 6) is 0.0906. The molecule has 0 saturated carbocycles. The summed E-state index contributed by atoms with van der Waals surface area (Å²) in [7, 11) is 0. The van der Waals surface area contributed by atoms with Crippen molar-refractivity contribution in [1.29, 1.82) is 0 Å². The Hall–Kier alpha value is -2.73. The first-order valence-electron chi connectivity index (χ1n) is 6.46. The Bertz CT molecular complexity index is 801. The minimum Gasteiger partial charge on any atom is -0.359 e. The average molecular weight is 316 g/mol. The SMILES string of the molecule is Fc1cc(Cl)ccc1N/C=C/c1nnnn1-c1ccccc1. The first-order valence-corrected chi connectivity index (χ1v) is 6.84. The van der Waals surface area contributed by atoms with Gasteiger partial charge in [0, 0.05) is 17.3 Å². The summed E-state index contributed by atoms with van der Waals surface area (Å²) in [4.78, 5) is 0. The summed E-state index contributed by atoms with van der Waals surface area (Å²) < 4.78 is 15.2. The van der Waals surface area contributed by atoms with Crippen molar-refractivity contribution in [3.05, 3.63) is 71.4 Å². The number of rotatable bonds is 4. The van der Waals surface area contributed by atoms with Gasteiger partial charge in [0.25, 0.3) is 0 Å². The van der Waals surface area contributed by atoms with E-state index in [1.165, 1.54) is 6.07 Å². The Morgan fingerprint density at radius 1 is 1.14 bits per heavy atom. The number of tetrazole rings is 1.